The second-order valence-electron chi connectivity index (χ2n) is 12.3. The Morgan fingerprint density at radius 1 is 0.860 bits per heavy atom. The molecular formula is C36H37N5O2. The van der Waals surface area contributed by atoms with E-state index in [1.807, 2.05) is 24.5 Å². The van der Waals surface area contributed by atoms with E-state index in [0.29, 0.717) is 36.6 Å². The number of carbonyl (C=O) groups is 2. The number of imide groups is 1. The molecule has 1 atom stereocenters. The van der Waals surface area contributed by atoms with E-state index in [1.165, 1.54) is 26.9 Å². The Morgan fingerprint density at radius 3 is 2.42 bits per heavy atom. The molecule has 7 rings (SSSR count). The molecule has 0 unspecified atom stereocenters. The minimum Gasteiger partial charge on any atom is -0.339 e. The summed E-state index contributed by atoms with van der Waals surface area (Å²) in [6, 6.07) is 22.3. The summed E-state index contributed by atoms with van der Waals surface area (Å²) in [5.74, 6) is 0.102. The fraction of sp³-hybridized carbons (Fsp3) is 0.333. The predicted octanol–water partition coefficient (Wildman–Crippen LogP) is 6.81. The summed E-state index contributed by atoms with van der Waals surface area (Å²) >= 11 is 0. The maximum absolute atomic E-state index is 13.0. The molecular weight excluding hydrogens is 534 g/mol. The van der Waals surface area contributed by atoms with Crippen molar-refractivity contribution < 1.29 is 9.59 Å². The van der Waals surface area contributed by atoms with Gasteiger partial charge >= 0.3 is 0 Å². The maximum Gasteiger partial charge on any atom is 0.261 e. The Morgan fingerprint density at radius 2 is 1.63 bits per heavy atom. The molecule has 2 amide bonds. The highest BCUT2D eigenvalue weighted by atomic mass is 16.2. The molecule has 0 radical (unpaired) electrons. The highest BCUT2D eigenvalue weighted by molar-refractivity contribution is 6.21. The average molecular weight is 572 g/mol. The van der Waals surface area contributed by atoms with Crippen molar-refractivity contribution in [2.45, 2.75) is 58.7 Å². The van der Waals surface area contributed by atoms with Crippen molar-refractivity contribution in [1.82, 2.24) is 24.3 Å². The molecule has 0 fully saturated rings. The van der Waals surface area contributed by atoms with Crippen LogP contribution in [0.25, 0.3) is 21.8 Å². The highest BCUT2D eigenvalue weighted by Gasteiger charge is 2.34. The second kappa shape index (κ2) is 11.4. The zero-order valence-corrected chi connectivity index (χ0v) is 24.9. The molecule has 0 spiro atoms. The first-order valence-corrected chi connectivity index (χ1v) is 15.5. The van der Waals surface area contributed by atoms with Gasteiger partial charge in [-0.15, -0.1) is 0 Å². The first-order valence-electron chi connectivity index (χ1n) is 15.5. The molecule has 0 bridgehead atoms. The number of aryl methyl sites for hydroxylation is 2. The number of nitrogens with zero attached hydrogens (tertiary/aromatic N) is 5. The fourth-order valence-corrected chi connectivity index (χ4v) is 7.15. The topological polar surface area (TPSA) is 71.3 Å². The zero-order valence-electron chi connectivity index (χ0n) is 24.9. The van der Waals surface area contributed by atoms with Crippen molar-refractivity contribution >= 4 is 33.6 Å². The molecule has 4 heterocycles. The minimum atomic E-state index is -0.198. The van der Waals surface area contributed by atoms with Crippen LogP contribution in [0.3, 0.4) is 0 Å². The summed E-state index contributed by atoms with van der Waals surface area (Å²) in [4.78, 5) is 39.8. The lowest BCUT2D eigenvalue weighted by Crippen LogP contribution is -2.35. The third-order valence-electron chi connectivity index (χ3n) is 8.96. The van der Waals surface area contributed by atoms with Gasteiger partial charge in [-0.25, -0.2) is 0 Å². The third-order valence-corrected chi connectivity index (χ3v) is 8.96. The van der Waals surface area contributed by atoms with E-state index in [0.717, 1.165) is 49.1 Å². The van der Waals surface area contributed by atoms with Crippen LogP contribution in [0.2, 0.25) is 0 Å². The van der Waals surface area contributed by atoms with Gasteiger partial charge in [-0.1, -0.05) is 50.2 Å². The first kappa shape index (κ1) is 27.5. The van der Waals surface area contributed by atoms with Crippen LogP contribution >= 0.6 is 0 Å². The van der Waals surface area contributed by atoms with Crippen LogP contribution in [0, 0.1) is 5.92 Å². The Labute approximate surface area is 252 Å². The van der Waals surface area contributed by atoms with Crippen LogP contribution < -0.4 is 0 Å². The van der Waals surface area contributed by atoms with E-state index in [9.17, 15) is 9.59 Å². The summed E-state index contributed by atoms with van der Waals surface area (Å²) in [7, 11) is 0. The summed E-state index contributed by atoms with van der Waals surface area (Å²) in [5, 5.41) is 2.38. The van der Waals surface area contributed by atoms with Crippen molar-refractivity contribution in [3.63, 3.8) is 0 Å². The van der Waals surface area contributed by atoms with Gasteiger partial charge in [0.15, 0.2) is 0 Å². The Balaban J connectivity index is 1.22. The van der Waals surface area contributed by atoms with E-state index in [2.05, 4.69) is 65.8 Å². The van der Waals surface area contributed by atoms with Crippen molar-refractivity contribution in [1.29, 1.82) is 0 Å². The molecule has 0 saturated heterocycles. The average Bonchev–Trinajstić information content (AvgIpc) is 3.48. The molecule has 1 aliphatic heterocycles. The Kier molecular flexibility index (Phi) is 7.27. The van der Waals surface area contributed by atoms with Crippen LogP contribution in [0.1, 0.15) is 76.8 Å². The van der Waals surface area contributed by atoms with Crippen LogP contribution in [0.4, 0.5) is 0 Å². The van der Waals surface area contributed by atoms with Gasteiger partial charge in [0.25, 0.3) is 11.8 Å². The van der Waals surface area contributed by atoms with Gasteiger partial charge < -0.3 is 4.57 Å². The van der Waals surface area contributed by atoms with Gasteiger partial charge in [-0.3, -0.25) is 29.4 Å². The summed E-state index contributed by atoms with van der Waals surface area (Å²) < 4.78 is 2.35. The van der Waals surface area contributed by atoms with Gasteiger partial charge in [0, 0.05) is 54.9 Å². The fourth-order valence-electron chi connectivity index (χ4n) is 7.15. The molecule has 2 aromatic carbocycles. The standard InChI is InChI=1S/C36H37N5O2/c1-24(2)22-39(32-16-7-10-25-11-8-18-38-33(25)32)23-30-34-27(17-19-37-30)26-12-5-6-15-31(26)40(34)20-9-21-41-35(42)28-13-3-4-14-29(28)36(41)43/h3-6,8,11-15,17-19,24,32H,7,9-10,16,20-23H2,1-2H3/t32-/m0/s1. The Bertz CT molecular complexity index is 1810. The number of amides is 2. The number of fused-ring (bicyclic) bond motifs is 5. The van der Waals surface area contributed by atoms with Gasteiger partial charge in [0.1, 0.15) is 0 Å². The minimum absolute atomic E-state index is 0.198. The van der Waals surface area contributed by atoms with Crippen LogP contribution in [0.5, 0.6) is 0 Å². The molecule has 218 valence electrons. The number of benzene rings is 2. The van der Waals surface area contributed by atoms with Crippen molar-refractivity contribution in [3.05, 3.63) is 107 Å². The van der Waals surface area contributed by atoms with Crippen molar-refractivity contribution in [2.24, 2.45) is 5.92 Å². The van der Waals surface area contributed by atoms with E-state index in [-0.39, 0.29) is 17.9 Å². The number of para-hydroxylation sites is 1. The zero-order chi connectivity index (χ0) is 29.5. The Hall–Kier alpha value is -4.36. The lowest BCUT2D eigenvalue weighted by atomic mass is 9.90. The largest absolute Gasteiger partial charge is 0.339 e. The van der Waals surface area contributed by atoms with Crippen LogP contribution in [-0.2, 0) is 19.5 Å². The lowest BCUT2D eigenvalue weighted by molar-refractivity contribution is 0.0651. The number of rotatable bonds is 9. The number of aromatic nitrogens is 3. The number of pyridine rings is 2. The molecule has 43 heavy (non-hydrogen) atoms. The molecule has 7 heteroatoms. The molecule has 0 saturated carbocycles. The third kappa shape index (κ3) is 4.91. The van der Waals surface area contributed by atoms with Crippen LogP contribution in [0.15, 0.2) is 79.1 Å². The first-order chi connectivity index (χ1) is 21.0. The van der Waals surface area contributed by atoms with E-state index >= 15 is 0 Å². The van der Waals surface area contributed by atoms with Gasteiger partial charge in [0.2, 0.25) is 0 Å². The lowest BCUT2D eigenvalue weighted by Gasteiger charge is -2.36. The van der Waals surface area contributed by atoms with Gasteiger partial charge in [-0.2, -0.15) is 0 Å². The van der Waals surface area contributed by atoms with Gasteiger partial charge in [0.05, 0.1) is 34.1 Å². The van der Waals surface area contributed by atoms with E-state index in [1.54, 1.807) is 12.1 Å². The molecule has 7 nitrogen and oxygen atoms in total. The van der Waals surface area contributed by atoms with Crippen LogP contribution in [-0.4, -0.2) is 49.2 Å². The van der Waals surface area contributed by atoms with Crippen molar-refractivity contribution in [2.75, 3.05) is 13.1 Å². The number of hydrogen-bond donors (Lipinski definition) is 0. The van der Waals surface area contributed by atoms with E-state index in [4.69, 9.17) is 9.97 Å². The second-order valence-corrected chi connectivity index (χ2v) is 12.3. The summed E-state index contributed by atoms with van der Waals surface area (Å²) in [6.07, 6.45) is 7.86. The quantitative estimate of drug-likeness (QED) is 0.182. The highest BCUT2D eigenvalue weighted by Crippen LogP contribution is 2.36. The van der Waals surface area contributed by atoms with Gasteiger partial charge in [-0.05, 0) is 67.5 Å². The normalized spacial score (nSPS) is 16.6. The predicted molar refractivity (Wildman–Crippen MR) is 169 cm³/mol. The molecule has 1 aliphatic carbocycles. The smallest absolute Gasteiger partial charge is 0.261 e. The maximum atomic E-state index is 13.0. The monoisotopic (exact) mass is 571 g/mol. The number of hydrogen-bond acceptors (Lipinski definition) is 5. The molecule has 0 N–H and O–H groups in total. The molecule has 5 aromatic rings. The number of carbonyl (C=O) groups excluding carboxylic acids is 2. The summed E-state index contributed by atoms with van der Waals surface area (Å²) in [6.45, 7) is 7.29. The molecule has 2 aliphatic rings. The summed E-state index contributed by atoms with van der Waals surface area (Å²) in [5.41, 5.74) is 6.91. The molecule has 3 aromatic heterocycles. The SMILES string of the molecule is CC(C)CN(Cc1nccc2c3ccccc3n(CCCN3C(=O)c4ccccc4C3=O)c12)[C@H]1CCCc2cccnc21. The van der Waals surface area contributed by atoms with E-state index < -0.39 is 0 Å². The van der Waals surface area contributed by atoms with Crippen molar-refractivity contribution in [3.8, 4) is 0 Å².